The Kier molecular flexibility index (Phi) is 7.79. The van der Waals surface area contributed by atoms with Crippen LogP contribution in [0.2, 0.25) is 0 Å². The van der Waals surface area contributed by atoms with Crippen molar-refractivity contribution in [2.75, 3.05) is 32.8 Å². The number of piperidine rings is 1. The number of carbonyl (C=O) groups excluding carboxylic acids is 1. The van der Waals surface area contributed by atoms with Crippen molar-refractivity contribution >= 4 is 40.0 Å². The second-order valence-electron chi connectivity index (χ2n) is 8.76. The van der Waals surface area contributed by atoms with E-state index in [1.165, 1.54) is 24.6 Å². The van der Waals surface area contributed by atoms with Crippen molar-refractivity contribution in [2.24, 2.45) is 11.0 Å². The first kappa shape index (κ1) is 26.3. The van der Waals surface area contributed by atoms with Gasteiger partial charge in [0, 0.05) is 31.0 Å². The Labute approximate surface area is 211 Å². The Morgan fingerprint density at radius 2 is 2.25 bits per heavy atom. The maximum Gasteiger partial charge on any atom is 0.462 e. The lowest BCUT2D eigenvalue weighted by atomic mass is 9.97. The molecule has 0 spiro atoms. The van der Waals surface area contributed by atoms with Crippen LogP contribution in [0.15, 0.2) is 39.2 Å². The monoisotopic (exact) mass is 541 g/mol. The number of hydrazone groups is 1. The molecule has 3 aliphatic heterocycles. The lowest BCUT2D eigenvalue weighted by molar-refractivity contribution is -0.447. The van der Waals surface area contributed by atoms with Crippen molar-refractivity contribution in [3.8, 4) is 6.07 Å². The number of ether oxygens (including phenoxy) is 1. The van der Waals surface area contributed by atoms with Gasteiger partial charge >= 0.3 is 5.91 Å². The van der Waals surface area contributed by atoms with E-state index in [9.17, 15) is 22.0 Å². The molecule has 1 unspecified atom stereocenters. The number of nitriles is 1. The van der Waals surface area contributed by atoms with E-state index in [1.807, 2.05) is 6.07 Å². The van der Waals surface area contributed by atoms with Crippen LogP contribution in [-0.4, -0.2) is 85.4 Å². The Morgan fingerprint density at radius 1 is 1.44 bits per heavy atom. The fourth-order valence-corrected chi connectivity index (χ4v) is 5.66. The van der Waals surface area contributed by atoms with Gasteiger partial charge < -0.3 is 10.1 Å². The van der Waals surface area contributed by atoms with Gasteiger partial charge in [-0.1, -0.05) is 11.6 Å². The highest BCUT2D eigenvalue weighted by atomic mass is 35.5. The average Bonchev–Trinajstić information content (AvgIpc) is 2.87. The van der Waals surface area contributed by atoms with Gasteiger partial charge in [-0.15, -0.1) is 0 Å². The number of alkyl halides is 2. The van der Waals surface area contributed by atoms with Gasteiger partial charge in [0.05, 0.1) is 30.3 Å². The van der Waals surface area contributed by atoms with Gasteiger partial charge in [0.2, 0.25) is 0 Å². The number of nitrogens with one attached hydrogen (secondary N) is 1. The van der Waals surface area contributed by atoms with Gasteiger partial charge in [0.25, 0.3) is 10.0 Å². The topological polar surface area (TPSA) is 128 Å². The zero-order valence-corrected chi connectivity index (χ0v) is 20.7. The Morgan fingerprint density at radius 3 is 2.89 bits per heavy atom. The molecule has 1 aromatic heterocycles. The number of rotatable bonds is 6. The number of sulfonamides is 1. The van der Waals surface area contributed by atoms with Crippen LogP contribution >= 0.6 is 11.6 Å². The first-order valence-electron chi connectivity index (χ1n) is 11.3. The van der Waals surface area contributed by atoms with E-state index in [-0.39, 0.29) is 47.4 Å². The summed E-state index contributed by atoms with van der Waals surface area (Å²) >= 11 is 6.17. The normalized spacial score (nSPS) is 28.8. The van der Waals surface area contributed by atoms with Crippen LogP contribution < -0.4 is 5.32 Å². The minimum atomic E-state index is -4.05. The van der Waals surface area contributed by atoms with E-state index < -0.39 is 40.2 Å². The summed E-state index contributed by atoms with van der Waals surface area (Å²) in [6, 6.07) is 4.38. The largest absolute Gasteiger partial charge is 0.462 e. The fourth-order valence-electron chi connectivity index (χ4n) is 4.08. The third-order valence-corrected chi connectivity index (χ3v) is 8.32. The van der Waals surface area contributed by atoms with Gasteiger partial charge in [-0.3, -0.25) is 0 Å². The second-order valence-corrected chi connectivity index (χ2v) is 11.0. The molecule has 4 heterocycles. The van der Waals surface area contributed by atoms with Crippen molar-refractivity contribution in [2.45, 2.75) is 36.1 Å². The molecule has 2 saturated heterocycles. The highest BCUT2D eigenvalue weighted by Gasteiger charge is 2.40. The van der Waals surface area contributed by atoms with Crippen LogP contribution in [0.4, 0.5) is 8.78 Å². The smallest absolute Gasteiger partial charge is 0.379 e. The Balaban J connectivity index is 1.39. The SMILES string of the molecule is N#Cc1ccc(S(=O)(=O)N2CCC(/C=[N+]3\N=CC(NC[C@@]4(F)CCCOC4)=C(Cl)C3=O)[C@@H](F)C2)nc1. The van der Waals surface area contributed by atoms with Crippen LogP contribution in [0.25, 0.3) is 0 Å². The van der Waals surface area contributed by atoms with Crippen molar-refractivity contribution in [1.82, 2.24) is 14.6 Å². The molecule has 0 saturated carbocycles. The molecule has 4 rings (SSSR count). The van der Waals surface area contributed by atoms with Crippen LogP contribution in [0.3, 0.4) is 0 Å². The lowest BCUT2D eigenvalue weighted by Crippen LogP contribution is -2.46. The summed E-state index contributed by atoms with van der Waals surface area (Å²) in [6.45, 7) is -0.0897. The summed E-state index contributed by atoms with van der Waals surface area (Å²) < 4.78 is 62.4. The minimum Gasteiger partial charge on any atom is -0.379 e. The molecule has 1 N–H and O–H groups in total. The fraction of sp³-hybridized carbons (Fsp3) is 0.500. The zero-order chi connectivity index (χ0) is 25.9. The standard InChI is InChI=1S/C22H23ClF2N6O4S/c23-20-18(28-13-22(25)5-1-7-35-14-22)10-29-31(21(20)32)11-16-4-6-30(12-17(16)24)36(33,34)19-3-2-15(8-26)9-27-19/h2-3,9-11,16-17H,1,4-7,12-14H2/p+1/b31-11-/t16?,17-,22-/m0/s1. The second kappa shape index (κ2) is 10.7. The van der Waals surface area contributed by atoms with Gasteiger partial charge in [0.15, 0.2) is 21.9 Å². The molecule has 1 amide bonds. The molecule has 0 aromatic carbocycles. The molecule has 14 heteroatoms. The van der Waals surface area contributed by atoms with Gasteiger partial charge in [-0.2, -0.15) is 9.57 Å². The minimum absolute atomic E-state index is 0.00558. The number of amides is 1. The zero-order valence-electron chi connectivity index (χ0n) is 19.1. The van der Waals surface area contributed by atoms with E-state index >= 15 is 0 Å². The van der Waals surface area contributed by atoms with Crippen LogP contribution in [0, 0.1) is 17.2 Å². The molecule has 0 aliphatic carbocycles. The number of hydrogen-bond donors (Lipinski definition) is 1. The molecular formula is C22H24ClF2N6O4S+. The summed E-state index contributed by atoms with van der Waals surface area (Å²) in [5.41, 5.74) is -1.22. The molecule has 3 atom stereocenters. The number of allylic oxidation sites excluding steroid dienone is 1. The number of pyridine rings is 1. The maximum atomic E-state index is 15.0. The highest BCUT2D eigenvalue weighted by molar-refractivity contribution is 7.89. The predicted molar refractivity (Wildman–Crippen MR) is 125 cm³/mol. The quantitative estimate of drug-likeness (QED) is 0.540. The van der Waals surface area contributed by atoms with E-state index in [0.29, 0.717) is 19.4 Å². The van der Waals surface area contributed by atoms with Crippen molar-refractivity contribution in [1.29, 1.82) is 5.26 Å². The number of aromatic nitrogens is 1. The number of nitrogens with zero attached hydrogens (tertiary/aromatic N) is 5. The van der Waals surface area contributed by atoms with E-state index in [4.69, 9.17) is 21.6 Å². The first-order valence-corrected chi connectivity index (χ1v) is 13.1. The number of carbonyl (C=O) groups is 1. The molecule has 0 bridgehead atoms. The Bertz CT molecular complexity index is 1260. The van der Waals surface area contributed by atoms with Crippen LogP contribution in [0.5, 0.6) is 0 Å². The summed E-state index contributed by atoms with van der Waals surface area (Å²) in [4.78, 5) is 16.5. The molecular weight excluding hydrogens is 518 g/mol. The summed E-state index contributed by atoms with van der Waals surface area (Å²) in [7, 11) is -4.05. The number of halogens is 3. The van der Waals surface area contributed by atoms with Gasteiger partial charge in [-0.25, -0.2) is 27.0 Å². The van der Waals surface area contributed by atoms with Gasteiger partial charge in [0.1, 0.15) is 18.5 Å². The molecule has 36 heavy (non-hydrogen) atoms. The van der Waals surface area contributed by atoms with E-state index in [1.54, 1.807) is 0 Å². The van der Waals surface area contributed by atoms with E-state index in [2.05, 4.69) is 15.4 Å². The summed E-state index contributed by atoms with van der Waals surface area (Å²) in [6.07, 6.45) is 3.06. The van der Waals surface area contributed by atoms with Crippen molar-refractivity contribution in [3.63, 3.8) is 0 Å². The Hall–Kier alpha value is -2.79. The molecule has 192 valence electrons. The van der Waals surface area contributed by atoms with Crippen LogP contribution in [0.1, 0.15) is 24.8 Å². The van der Waals surface area contributed by atoms with E-state index in [0.717, 1.165) is 15.2 Å². The summed E-state index contributed by atoms with van der Waals surface area (Å²) in [5.74, 6) is -1.50. The van der Waals surface area contributed by atoms with Crippen molar-refractivity contribution in [3.05, 3.63) is 34.6 Å². The molecule has 3 aliphatic rings. The highest BCUT2D eigenvalue weighted by Crippen LogP contribution is 2.26. The first-order chi connectivity index (χ1) is 17.1. The third-order valence-electron chi connectivity index (χ3n) is 6.17. The maximum absolute atomic E-state index is 15.0. The predicted octanol–water partition coefficient (Wildman–Crippen LogP) is 1.47. The molecule has 2 fully saturated rings. The van der Waals surface area contributed by atoms with Crippen LogP contribution in [-0.2, 0) is 19.6 Å². The molecule has 10 nitrogen and oxygen atoms in total. The molecule has 1 aromatic rings. The molecule has 0 radical (unpaired) electrons. The third kappa shape index (κ3) is 5.62. The summed E-state index contributed by atoms with van der Waals surface area (Å²) in [5, 5.41) is 15.1. The number of hydrogen-bond acceptors (Lipinski definition) is 8. The average molecular weight is 542 g/mol. The lowest BCUT2D eigenvalue weighted by Gasteiger charge is -2.31. The van der Waals surface area contributed by atoms with Gasteiger partial charge in [-0.05, 0) is 36.1 Å². The van der Waals surface area contributed by atoms with Crippen molar-refractivity contribution < 1.29 is 31.4 Å².